The number of thiol groups is 1. The van der Waals surface area contributed by atoms with Crippen molar-refractivity contribution in [2.45, 2.75) is 4.90 Å². The average molecular weight is 254 g/mol. The third kappa shape index (κ3) is 2.12. The van der Waals surface area contributed by atoms with Gasteiger partial charge < -0.3 is 0 Å². The molecule has 0 bridgehead atoms. The molecule has 0 saturated heterocycles. The monoisotopic (exact) mass is 254 g/mol. The molecule has 3 aromatic rings. The van der Waals surface area contributed by atoms with Crippen molar-refractivity contribution in [2.24, 2.45) is 0 Å². The van der Waals surface area contributed by atoms with Crippen LogP contribution in [0.1, 0.15) is 0 Å². The van der Waals surface area contributed by atoms with Gasteiger partial charge in [0.1, 0.15) is 5.82 Å². The summed E-state index contributed by atoms with van der Waals surface area (Å²) in [6.45, 7) is 0. The molecule has 0 aliphatic carbocycles. The zero-order valence-electron chi connectivity index (χ0n) is 9.60. The largest absolute Gasteiger partial charge is 0.207 e. The number of hydrogen-bond acceptors (Lipinski definition) is 1. The molecule has 0 N–H and O–H groups in total. The van der Waals surface area contributed by atoms with Crippen LogP contribution >= 0.6 is 12.6 Å². The van der Waals surface area contributed by atoms with Gasteiger partial charge in [-0.15, -0.1) is 12.6 Å². The van der Waals surface area contributed by atoms with Crippen LogP contribution in [0.3, 0.4) is 0 Å². The minimum Gasteiger partial charge on any atom is -0.207 e. The van der Waals surface area contributed by atoms with Crippen LogP contribution in [0.25, 0.3) is 21.9 Å². The van der Waals surface area contributed by atoms with E-state index in [1.807, 2.05) is 24.3 Å². The molecule has 0 atom stereocenters. The van der Waals surface area contributed by atoms with Gasteiger partial charge in [-0.1, -0.05) is 30.3 Å². The molecule has 0 aromatic heterocycles. The lowest BCUT2D eigenvalue weighted by Gasteiger charge is -2.05. The maximum Gasteiger partial charge on any atom is 0.123 e. The van der Waals surface area contributed by atoms with Crippen LogP contribution in [0.15, 0.2) is 65.6 Å². The number of fused-ring (bicyclic) bond motifs is 1. The van der Waals surface area contributed by atoms with Crippen molar-refractivity contribution in [1.29, 1.82) is 0 Å². The molecular weight excluding hydrogens is 243 g/mol. The first-order chi connectivity index (χ1) is 8.72. The summed E-state index contributed by atoms with van der Waals surface area (Å²) in [5.74, 6) is -0.209. The van der Waals surface area contributed by atoms with Crippen LogP contribution < -0.4 is 0 Å². The molecule has 0 aliphatic heterocycles. The Morgan fingerprint density at radius 2 is 1.28 bits per heavy atom. The van der Waals surface area contributed by atoms with Crippen molar-refractivity contribution >= 4 is 23.4 Å². The molecule has 2 heteroatoms. The first-order valence-electron chi connectivity index (χ1n) is 5.71. The summed E-state index contributed by atoms with van der Waals surface area (Å²) in [4.78, 5) is 0.956. The standard InChI is InChI=1S/C16H11FS/c17-15-6-3-11(4-7-15)12-1-2-14-10-16(18)8-5-13(14)9-12/h1-10,18H. The Hall–Kier alpha value is -1.80. The molecule has 0 aliphatic rings. The number of halogens is 1. The average Bonchev–Trinajstić information content (AvgIpc) is 2.39. The second-order valence-corrected chi connectivity index (χ2v) is 4.77. The predicted molar refractivity (Wildman–Crippen MR) is 76.6 cm³/mol. The Morgan fingerprint density at radius 3 is 2.06 bits per heavy atom. The highest BCUT2D eigenvalue weighted by Gasteiger charge is 2.00. The normalized spacial score (nSPS) is 10.8. The van der Waals surface area contributed by atoms with Crippen LogP contribution in [0.2, 0.25) is 0 Å². The molecule has 0 unspecified atom stereocenters. The molecule has 0 heterocycles. The lowest BCUT2D eigenvalue weighted by molar-refractivity contribution is 0.628. The summed E-state index contributed by atoms with van der Waals surface area (Å²) >= 11 is 4.33. The molecule has 0 spiro atoms. The highest BCUT2D eigenvalue weighted by molar-refractivity contribution is 7.80. The molecule has 0 saturated carbocycles. The van der Waals surface area contributed by atoms with E-state index in [1.165, 1.54) is 12.1 Å². The quantitative estimate of drug-likeness (QED) is 0.584. The highest BCUT2D eigenvalue weighted by atomic mass is 32.1. The van der Waals surface area contributed by atoms with Crippen LogP contribution in [0.4, 0.5) is 4.39 Å². The molecule has 0 radical (unpaired) electrons. The van der Waals surface area contributed by atoms with E-state index in [0.29, 0.717) is 0 Å². The number of benzene rings is 3. The number of rotatable bonds is 1. The van der Waals surface area contributed by atoms with Crippen molar-refractivity contribution in [1.82, 2.24) is 0 Å². The van der Waals surface area contributed by atoms with E-state index in [2.05, 4.69) is 24.8 Å². The Balaban J connectivity index is 2.13. The van der Waals surface area contributed by atoms with Gasteiger partial charge in [-0.3, -0.25) is 0 Å². The van der Waals surface area contributed by atoms with Gasteiger partial charge in [0.2, 0.25) is 0 Å². The van der Waals surface area contributed by atoms with E-state index in [1.54, 1.807) is 12.1 Å². The van der Waals surface area contributed by atoms with Crippen molar-refractivity contribution in [2.75, 3.05) is 0 Å². The molecule has 88 valence electrons. The van der Waals surface area contributed by atoms with Gasteiger partial charge in [-0.05, 0) is 52.2 Å². The zero-order chi connectivity index (χ0) is 12.5. The summed E-state index contributed by atoms with van der Waals surface area (Å²) in [7, 11) is 0. The van der Waals surface area contributed by atoms with E-state index in [4.69, 9.17) is 0 Å². The minimum absolute atomic E-state index is 0.209. The van der Waals surface area contributed by atoms with Crippen LogP contribution in [0, 0.1) is 5.82 Å². The van der Waals surface area contributed by atoms with Gasteiger partial charge in [0.05, 0.1) is 0 Å². The Kier molecular flexibility index (Phi) is 2.80. The predicted octanol–water partition coefficient (Wildman–Crippen LogP) is 4.93. The summed E-state index contributed by atoms with van der Waals surface area (Å²) < 4.78 is 12.9. The smallest absolute Gasteiger partial charge is 0.123 e. The van der Waals surface area contributed by atoms with Crippen LogP contribution in [-0.2, 0) is 0 Å². The Bertz CT molecular complexity index is 702. The molecule has 3 rings (SSSR count). The first kappa shape index (κ1) is 11.3. The summed E-state index contributed by atoms with van der Waals surface area (Å²) in [5, 5.41) is 2.32. The topological polar surface area (TPSA) is 0 Å². The van der Waals surface area contributed by atoms with Crippen LogP contribution in [-0.4, -0.2) is 0 Å². The highest BCUT2D eigenvalue weighted by Crippen LogP contribution is 2.26. The van der Waals surface area contributed by atoms with Gasteiger partial charge in [0.25, 0.3) is 0 Å². The van der Waals surface area contributed by atoms with Gasteiger partial charge in [0, 0.05) is 4.90 Å². The van der Waals surface area contributed by atoms with Crippen LogP contribution in [0.5, 0.6) is 0 Å². The van der Waals surface area contributed by atoms with Gasteiger partial charge in [0.15, 0.2) is 0 Å². The molecule has 0 amide bonds. The summed E-state index contributed by atoms with van der Waals surface area (Å²) in [6.07, 6.45) is 0. The van der Waals surface area contributed by atoms with Crippen molar-refractivity contribution < 1.29 is 4.39 Å². The lowest BCUT2D eigenvalue weighted by atomic mass is 10.0. The summed E-state index contributed by atoms with van der Waals surface area (Å²) in [5.41, 5.74) is 2.11. The van der Waals surface area contributed by atoms with E-state index in [-0.39, 0.29) is 5.82 Å². The Morgan fingerprint density at radius 1 is 0.667 bits per heavy atom. The van der Waals surface area contributed by atoms with Gasteiger partial charge in [-0.25, -0.2) is 4.39 Å². The second-order valence-electron chi connectivity index (χ2n) is 4.25. The number of hydrogen-bond donors (Lipinski definition) is 1. The maximum absolute atomic E-state index is 12.9. The van der Waals surface area contributed by atoms with Crippen molar-refractivity contribution in [3.05, 3.63) is 66.5 Å². The lowest BCUT2D eigenvalue weighted by Crippen LogP contribution is -1.80. The molecule has 0 nitrogen and oxygen atoms in total. The van der Waals surface area contributed by atoms with Gasteiger partial charge in [-0.2, -0.15) is 0 Å². The SMILES string of the molecule is Fc1ccc(-c2ccc3cc(S)ccc3c2)cc1. The third-order valence-electron chi connectivity index (χ3n) is 3.00. The summed E-state index contributed by atoms with van der Waals surface area (Å²) in [6, 6.07) is 18.8. The van der Waals surface area contributed by atoms with Gasteiger partial charge >= 0.3 is 0 Å². The third-order valence-corrected chi connectivity index (χ3v) is 3.28. The van der Waals surface area contributed by atoms with Crippen molar-refractivity contribution in [3.8, 4) is 11.1 Å². The fourth-order valence-corrected chi connectivity index (χ4v) is 2.27. The molecule has 3 aromatic carbocycles. The molecule has 18 heavy (non-hydrogen) atoms. The van der Waals surface area contributed by atoms with E-state index in [9.17, 15) is 4.39 Å². The van der Waals surface area contributed by atoms with E-state index >= 15 is 0 Å². The molecular formula is C16H11FS. The minimum atomic E-state index is -0.209. The Labute approximate surface area is 110 Å². The van der Waals surface area contributed by atoms with E-state index in [0.717, 1.165) is 26.8 Å². The van der Waals surface area contributed by atoms with Crippen molar-refractivity contribution in [3.63, 3.8) is 0 Å². The zero-order valence-corrected chi connectivity index (χ0v) is 10.5. The first-order valence-corrected chi connectivity index (χ1v) is 6.16. The maximum atomic E-state index is 12.9. The fourth-order valence-electron chi connectivity index (χ4n) is 2.06. The second kappa shape index (κ2) is 4.46. The molecule has 0 fully saturated rings. The van der Waals surface area contributed by atoms with E-state index < -0.39 is 0 Å². The fraction of sp³-hybridized carbons (Fsp3) is 0.